The van der Waals surface area contributed by atoms with E-state index in [1.54, 1.807) is 0 Å². The van der Waals surface area contributed by atoms with Crippen LogP contribution in [0.1, 0.15) is 5.56 Å². The SMILES string of the molecule is [SiH3]CCc1ccc(Br)cc1I. The van der Waals surface area contributed by atoms with Crippen molar-refractivity contribution in [3.8, 4) is 0 Å². The van der Waals surface area contributed by atoms with Gasteiger partial charge in [0, 0.05) is 18.3 Å². The highest BCUT2D eigenvalue weighted by Gasteiger charge is 1.97. The van der Waals surface area contributed by atoms with Crippen LogP contribution in [-0.4, -0.2) is 10.2 Å². The number of rotatable bonds is 2. The molecule has 11 heavy (non-hydrogen) atoms. The van der Waals surface area contributed by atoms with Crippen LogP contribution in [-0.2, 0) is 6.42 Å². The van der Waals surface area contributed by atoms with E-state index >= 15 is 0 Å². The summed E-state index contributed by atoms with van der Waals surface area (Å²) in [6.45, 7) is 0. The van der Waals surface area contributed by atoms with Gasteiger partial charge in [0.1, 0.15) is 0 Å². The summed E-state index contributed by atoms with van der Waals surface area (Å²) in [6, 6.07) is 7.86. The third-order valence-corrected chi connectivity index (χ3v) is 3.53. The van der Waals surface area contributed by atoms with Crippen molar-refractivity contribution in [3.05, 3.63) is 31.8 Å². The summed E-state index contributed by atoms with van der Waals surface area (Å²) in [6.07, 6.45) is 1.25. The minimum atomic E-state index is 1.18. The van der Waals surface area contributed by atoms with Gasteiger partial charge in [0.2, 0.25) is 0 Å². The Morgan fingerprint density at radius 2 is 2.18 bits per heavy atom. The van der Waals surface area contributed by atoms with Crippen LogP contribution in [0.4, 0.5) is 0 Å². The van der Waals surface area contributed by atoms with Crippen molar-refractivity contribution in [3.63, 3.8) is 0 Å². The van der Waals surface area contributed by atoms with Crippen LogP contribution in [0, 0.1) is 3.57 Å². The predicted molar refractivity (Wildman–Crippen MR) is 65.3 cm³/mol. The average Bonchev–Trinajstić information content (AvgIpc) is 1.95. The summed E-state index contributed by atoms with van der Waals surface area (Å²) in [5.74, 6) is 0. The lowest BCUT2D eigenvalue weighted by Crippen LogP contribution is -1.87. The van der Waals surface area contributed by atoms with E-state index in [0.717, 1.165) is 0 Å². The molecule has 0 aliphatic carbocycles. The van der Waals surface area contributed by atoms with Gasteiger partial charge < -0.3 is 0 Å². The highest BCUT2D eigenvalue weighted by molar-refractivity contribution is 14.1. The largest absolute Gasteiger partial charge is 0.0618 e. The van der Waals surface area contributed by atoms with Gasteiger partial charge in [-0.25, -0.2) is 0 Å². The normalized spacial score (nSPS) is 10.4. The van der Waals surface area contributed by atoms with Crippen molar-refractivity contribution in [2.45, 2.75) is 12.5 Å². The first kappa shape index (κ1) is 9.73. The van der Waals surface area contributed by atoms with Crippen LogP contribution < -0.4 is 0 Å². The van der Waals surface area contributed by atoms with Gasteiger partial charge in [0.25, 0.3) is 0 Å². The average molecular weight is 341 g/mol. The second-order valence-electron chi connectivity index (χ2n) is 2.49. The van der Waals surface area contributed by atoms with E-state index < -0.39 is 0 Å². The first-order valence-corrected chi connectivity index (χ1v) is 6.96. The van der Waals surface area contributed by atoms with E-state index in [9.17, 15) is 0 Å². The quantitative estimate of drug-likeness (QED) is 0.573. The zero-order chi connectivity index (χ0) is 8.27. The molecule has 0 bridgehead atoms. The van der Waals surface area contributed by atoms with E-state index in [0.29, 0.717) is 0 Å². The number of hydrogen-bond donors (Lipinski definition) is 0. The summed E-state index contributed by atoms with van der Waals surface area (Å²) in [4.78, 5) is 0. The van der Waals surface area contributed by atoms with E-state index in [-0.39, 0.29) is 0 Å². The summed E-state index contributed by atoms with van der Waals surface area (Å²) in [5.41, 5.74) is 1.49. The molecular weight excluding hydrogens is 331 g/mol. The van der Waals surface area contributed by atoms with Crippen molar-refractivity contribution >= 4 is 48.8 Å². The van der Waals surface area contributed by atoms with E-state index in [1.807, 2.05) is 0 Å². The third kappa shape index (κ3) is 2.87. The highest BCUT2D eigenvalue weighted by Crippen LogP contribution is 2.19. The van der Waals surface area contributed by atoms with Crippen LogP contribution in [0.2, 0.25) is 6.04 Å². The monoisotopic (exact) mass is 340 g/mol. The first-order chi connectivity index (χ1) is 5.24. The molecular formula is C8H10BrISi. The Morgan fingerprint density at radius 3 is 2.73 bits per heavy atom. The molecule has 0 amide bonds. The smallest absolute Gasteiger partial charge is 0.0185 e. The molecule has 0 saturated heterocycles. The van der Waals surface area contributed by atoms with Crippen molar-refractivity contribution in [1.29, 1.82) is 0 Å². The lowest BCUT2D eigenvalue weighted by Gasteiger charge is -2.01. The van der Waals surface area contributed by atoms with Crippen LogP contribution >= 0.6 is 38.5 Å². The molecule has 0 unspecified atom stereocenters. The molecule has 1 aromatic carbocycles. The molecule has 0 spiro atoms. The molecule has 0 N–H and O–H groups in total. The zero-order valence-corrected chi connectivity index (χ0v) is 12.1. The molecule has 0 saturated carbocycles. The van der Waals surface area contributed by atoms with Gasteiger partial charge in [-0.1, -0.05) is 28.0 Å². The van der Waals surface area contributed by atoms with Crippen molar-refractivity contribution < 1.29 is 0 Å². The van der Waals surface area contributed by atoms with Crippen LogP contribution in [0.3, 0.4) is 0 Å². The van der Waals surface area contributed by atoms with Gasteiger partial charge in [-0.05, 0) is 46.7 Å². The van der Waals surface area contributed by atoms with Gasteiger partial charge >= 0.3 is 0 Å². The second-order valence-corrected chi connectivity index (χ2v) is 5.56. The van der Waals surface area contributed by atoms with E-state index in [1.165, 1.54) is 36.3 Å². The fourth-order valence-electron chi connectivity index (χ4n) is 0.994. The Morgan fingerprint density at radius 1 is 1.45 bits per heavy atom. The van der Waals surface area contributed by atoms with E-state index in [4.69, 9.17) is 0 Å². The molecule has 0 heterocycles. The molecule has 0 atom stereocenters. The number of aryl methyl sites for hydroxylation is 1. The van der Waals surface area contributed by atoms with Gasteiger partial charge in [0.15, 0.2) is 0 Å². The zero-order valence-electron chi connectivity index (χ0n) is 6.40. The summed E-state index contributed by atoms with van der Waals surface area (Å²) >= 11 is 5.85. The van der Waals surface area contributed by atoms with Crippen LogP contribution in [0.5, 0.6) is 0 Å². The van der Waals surface area contributed by atoms with Crippen LogP contribution in [0.25, 0.3) is 0 Å². The van der Waals surface area contributed by atoms with Crippen LogP contribution in [0.15, 0.2) is 22.7 Å². The van der Waals surface area contributed by atoms with Gasteiger partial charge in [-0.3, -0.25) is 0 Å². The summed E-state index contributed by atoms with van der Waals surface area (Å²) in [5, 5.41) is 0. The van der Waals surface area contributed by atoms with Crippen molar-refractivity contribution in [1.82, 2.24) is 0 Å². The highest BCUT2D eigenvalue weighted by atomic mass is 127. The Bertz CT molecular complexity index is 250. The summed E-state index contributed by atoms with van der Waals surface area (Å²) in [7, 11) is 1.30. The molecule has 0 aliphatic heterocycles. The maximum absolute atomic E-state index is 3.45. The second kappa shape index (κ2) is 4.62. The maximum Gasteiger partial charge on any atom is 0.0185 e. The molecule has 60 valence electrons. The molecule has 0 aliphatic rings. The molecule has 0 fully saturated rings. The molecule has 3 heteroatoms. The summed E-state index contributed by atoms with van der Waals surface area (Å²) < 4.78 is 2.56. The fraction of sp³-hybridized carbons (Fsp3) is 0.250. The Labute approximate surface area is 92.5 Å². The molecule has 0 radical (unpaired) electrons. The molecule has 1 aromatic rings. The maximum atomic E-state index is 3.45. The van der Waals surface area contributed by atoms with Gasteiger partial charge in [-0.15, -0.1) is 0 Å². The Kier molecular flexibility index (Phi) is 4.09. The molecule has 0 nitrogen and oxygen atoms in total. The van der Waals surface area contributed by atoms with Gasteiger partial charge in [-0.2, -0.15) is 0 Å². The molecule has 0 aromatic heterocycles. The number of hydrogen-bond acceptors (Lipinski definition) is 0. The molecule has 1 rings (SSSR count). The fourth-order valence-corrected chi connectivity index (χ4v) is 3.11. The topological polar surface area (TPSA) is 0 Å². The lowest BCUT2D eigenvalue weighted by molar-refractivity contribution is 1.12. The van der Waals surface area contributed by atoms with E-state index in [2.05, 4.69) is 56.7 Å². The number of halogens is 2. The lowest BCUT2D eigenvalue weighted by atomic mass is 10.2. The Balaban J connectivity index is 2.90. The Hall–Kier alpha value is 0.647. The standard InChI is InChI=1S/C8H10BrISi/c9-7-2-1-6(3-4-11)8(10)5-7/h1-2,5H,3-4H2,11H3. The number of benzene rings is 1. The van der Waals surface area contributed by atoms with Gasteiger partial charge in [0.05, 0.1) is 0 Å². The van der Waals surface area contributed by atoms with Crippen molar-refractivity contribution in [2.75, 3.05) is 0 Å². The predicted octanol–water partition coefficient (Wildman–Crippen LogP) is 2.38. The first-order valence-electron chi connectivity index (χ1n) is 3.68. The van der Waals surface area contributed by atoms with Crippen molar-refractivity contribution in [2.24, 2.45) is 0 Å². The third-order valence-electron chi connectivity index (χ3n) is 1.53. The minimum absolute atomic E-state index is 1.18. The minimum Gasteiger partial charge on any atom is -0.0618 e.